The second kappa shape index (κ2) is 9.43. The van der Waals surface area contributed by atoms with Gasteiger partial charge in [0.15, 0.2) is 11.5 Å². The van der Waals surface area contributed by atoms with Crippen molar-refractivity contribution in [2.24, 2.45) is 28.8 Å². The first-order valence-corrected chi connectivity index (χ1v) is 12.2. The van der Waals surface area contributed by atoms with E-state index in [1.807, 2.05) is 13.0 Å². The van der Waals surface area contributed by atoms with Crippen LogP contribution in [-0.2, 0) is 16.2 Å². The van der Waals surface area contributed by atoms with E-state index in [2.05, 4.69) is 17.3 Å². The van der Waals surface area contributed by atoms with Crippen molar-refractivity contribution >= 4 is 41.2 Å². The van der Waals surface area contributed by atoms with Crippen molar-refractivity contribution in [3.05, 3.63) is 69.7 Å². The molecular weight excluding hydrogens is 475 g/mol. The van der Waals surface area contributed by atoms with Crippen molar-refractivity contribution in [3.8, 4) is 11.5 Å². The summed E-state index contributed by atoms with van der Waals surface area (Å²) in [4.78, 5) is 25.9. The second-order valence-electron chi connectivity index (χ2n) is 8.74. The number of halogens is 2. The lowest BCUT2D eigenvalue weighted by atomic mass is 9.63. The number of amides is 2. The Morgan fingerprint density at radius 1 is 0.971 bits per heavy atom. The largest absolute Gasteiger partial charge is 0.490 e. The lowest BCUT2D eigenvalue weighted by Crippen LogP contribution is -2.38. The molecule has 1 saturated carbocycles. The lowest BCUT2D eigenvalue weighted by Gasteiger charge is -2.37. The summed E-state index contributed by atoms with van der Waals surface area (Å²) < 4.78 is 11.7. The highest BCUT2D eigenvalue weighted by molar-refractivity contribution is 6.35. The molecule has 4 atom stereocenters. The third-order valence-corrected chi connectivity index (χ3v) is 7.31. The van der Waals surface area contributed by atoms with E-state index in [-0.39, 0.29) is 42.1 Å². The summed E-state index contributed by atoms with van der Waals surface area (Å²) in [6, 6.07) is 10.6. The summed E-state index contributed by atoms with van der Waals surface area (Å²) >= 11 is 12.2. The van der Waals surface area contributed by atoms with Gasteiger partial charge in [-0.1, -0.05) is 41.4 Å². The maximum Gasteiger partial charge on any atom is 0.254 e. The van der Waals surface area contributed by atoms with Gasteiger partial charge in [0.05, 0.1) is 24.7 Å². The number of carbonyl (C=O) groups excluding carboxylic acids is 2. The molecule has 2 amide bonds. The Hall–Kier alpha value is -2.83. The molecule has 1 saturated heterocycles. The SMILES string of the molecule is CCOc1cc(/C=N\N2C(=O)[C@@H]3[C@@H](C2=O)[C@H]2C=C[C@H]3CC2)ccc1OCc1ccc(Cl)cc1Cl. The van der Waals surface area contributed by atoms with Crippen molar-refractivity contribution in [3.63, 3.8) is 0 Å². The van der Waals surface area contributed by atoms with Crippen molar-refractivity contribution in [2.45, 2.75) is 26.4 Å². The molecule has 0 unspecified atom stereocenters. The van der Waals surface area contributed by atoms with Crippen LogP contribution in [0.5, 0.6) is 11.5 Å². The average Bonchev–Trinajstić information content (AvgIpc) is 3.11. The van der Waals surface area contributed by atoms with Crippen LogP contribution >= 0.6 is 23.2 Å². The fourth-order valence-corrected chi connectivity index (χ4v) is 5.55. The fraction of sp³-hybridized carbons (Fsp3) is 0.346. The molecule has 0 aromatic heterocycles. The van der Waals surface area contributed by atoms with Gasteiger partial charge in [-0.05, 0) is 67.5 Å². The van der Waals surface area contributed by atoms with Crippen LogP contribution in [0.2, 0.25) is 10.0 Å². The zero-order chi connectivity index (χ0) is 23.8. The first-order chi connectivity index (χ1) is 16.5. The molecule has 3 aliphatic carbocycles. The third kappa shape index (κ3) is 4.21. The molecule has 2 aromatic carbocycles. The van der Waals surface area contributed by atoms with E-state index in [4.69, 9.17) is 32.7 Å². The molecule has 34 heavy (non-hydrogen) atoms. The Balaban J connectivity index is 1.32. The number of imide groups is 1. The Bertz CT molecular complexity index is 1160. The van der Waals surface area contributed by atoms with Gasteiger partial charge < -0.3 is 9.47 Å². The lowest BCUT2D eigenvalue weighted by molar-refractivity contribution is -0.140. The van der Waals surface area contributed by atoms with Gasteiger partial charge in [-0.25, -0.2) is 0 Å². The summed E-state index contributed by atoms with van der Waals surface area (Å²) in [6.07, 6.45) is 7.62. The van der Waals surface area contributed by atoms with Crippen LogP contribution < -0.4 is 9.47 Å². The first-order valence-electron chi connectivity index (χ1n) is 11.4. The van der Waals surface area contributed by atoms with Gasteiger partial charge in [0.25, 0.3) is 11.8 Å². The number of hydrogen-bond donors (Lipinski definition) is 0. The van der Waals surface area contributed by atoms with Gasteiger partial charge in [0.2, 0.25) is 0 Å². The average molecular weight is 499 g/mol. The molecule has 2 bridgehead atoms. The maximum atomic E-state index is 12.9. The molecule has 2 aromatic rings. The van der Waals surface area contributed by atoms with E-state index in [9.17, 15) is 9.59 Å². The molecule has 4 aliphatic rings. The van der Waals surface area contributed by atoms with Crippen molar-refractivity contribution in [2.75, 3.05) is 6.61 Å². The number of allylic oxidation sites excluding steroid dienone is 2. The van der Waals surface area contributed by atoms with Crippen LogP contribution in [0.15, 0.2) is 53.7 Å². The Morgan fingerprint density at radius 3 is 2.29 bits per heavy atom. The van der Waals surface area contributed by atoms with E-state index >= 15 is 0 Å². The molecule has 0 spiro atoms. The van der Waals surface area contributed by atoms with Crippen LogP contribution in [0.3, 0.4) is 0 Å². The molecular formula is C26H24Cl2N2O4. The number of hydrogen-bond acceptors (Lipinski definition) is 5. The van der Waals surface area contributed by atoms with Gasteiger partial charge in [-0.2, -0.15) is 10.1 Å². The van der Waals surface area contributed by atoms with Gasteiger partial charge in [-0.15, -0.1) is 0 Å². The molecule has 0 N–H and O–H groups in total. The van der Waals surface area contributed by atoms with Gasteiger partial charge in [0, 0.05) is 15.6 Å². The predicted octanol–water partition coefficient (Wildman–Crippen LogP) is 5.50. The smallest absolute Gasteiger partial charge is 0.254 e. The topological polar surface area (TPSA) is 68.2 Å². The highest BCUT2D eigenvalue weighted by Crippen LogP contribution is 2.49. The molecule has 1 aliphatic heterocycles. The quantitative estimate of drug-likeness (QED) is 0.287. The van der Waals surface area contributed by atoms with E-state index in [0.717, 1.165) is 23.4 Å². The summed E-state index contributed by atoms with van der Waals surface area (Å²) in [5.41, 5.74) is 1.49. The summed E-state index contributed by atoms with van der Waals surface area (Å²) in [5.74, 6) is 0.415. The molecule has 6 nitrogen and oxygen atoms in total. The van der Waals surface area contributed by atoms with Crippen LogP contribution in [0.4, 0.5) is 0 Å². The zero-order valence-electron chi connectivity index (χ0n) is 18.6. The van der Waals surface area contributed by atoms with Gasteiger partial charge >= 0.3 is 0 Å². The van der Waals surface area contributed by atoms with Crippen LogP contribution in [0, 0.1) is 23.7 Å². The van der Waals surface area contributed by atoms with Crippen molar-refractivity contribution in [1.29, 1.82) is 0 Å². The monoisotopic (exact) mass is 498 g/mol. The van der Waals surface area contributed by atoms with Crippen LogP contribution in [0.1, 0.15) is 30.9 Å². The Kier molecular flexibility index (Phi) is 6.36. The van der Waals surface area contributed by atoms with E-state index < -0.39 is 0 Å². The number of rotatable bonds is 7. The molecule has 176 valence electrons. The van der Waals surface area contributed by atoms with E-state index in [1.54, 1.807) is 30.3 Å². The summed E-state index contributed by atoms with van der Waals surface area (Å²) in [7, 11) is 0. The predicted molar refractivity (Wildman–Crippen MR) is 130 cm³/mol. The maximum absolute atomic E-state index is 12.9. The molecule has 2 fully saturated rings. The zero-order valence-corrected chi connectivity index (χ0v) is 20.1. The molecule has 8 heteroatoms. The number of nitrogens with zero attached hydrogens (tertiary/aromatic N) is 2. The standard InChI is InChI=1S/C26H24Cl2N2O4/c1-2-33-22-11-15(3-10-21(22)34-14-18-8-9-19(27)12-20(18)28)13-29-30-25(31)23-16-4-5-17(7-6-16)24(23)26(30)32/h3-5,8-13,16-17,23-24H,2,6-7,14H2,1H3/b29-13-/t16-,17-,23-,24-/m0/s1. The van der Waals surface area contributed by atoms with Gasteiger partial charge in [-0.3, -0.25) is 9.59 Å². The number of hydrazone groups is 1. The number of benzene rings is 2. The highest BCUT2D eigenvalue weighted by atomic mass is 35.5. The fourth-order valence-electron chi connectivity index (χ4n) is 5.08. The van der Waals surface area contributed by atoms with Crippen molar-refractivity contribution in [1.82, 2.24) is 5.01 Å². The molecule has 1 heterocycles. The number of ether oxygens (including phenoxy) is 2. The Labute approximate surface area is 208 Å². The number of fused-ring (bicyclic) bond motifs is 1. The third-order valence-electron chi connectivity index (χ3n) is 6.72. The second-order valence-corrected chi connectivity index (χ2v) is 9.58. The molecule has 0 radical (unpaired) electrons. The van der Waals surface area contributed by atoms with Crippen LogP contribution in [0.25, 0.3) is 0 Å². The van der Waals surface area contributed by atoms with Crippen molar-refractivity contribution < 1.29 is 19.1 Å². The Morgan fingerprint density at radius 2 is 1.68 bits per heavy atom. The summed E-state index contributed by atoms with van der Waals surface area (Å²) in [5, 5.41) is 6.42. The normalized spacial score (nSPS) is 25.3. The molecule has 6 rings (SSSR count). The van der Waals surface area contributed by atoms with Gasteiger partial charge in [0.1, 0.15) is 6.61 Å². The minimum absolute atomic E-state index is 0.141. The summed E-state index contributed by atoms with van der Waals surface area (Å²) in [6.45, 7) is 2.58. The number of carbonyl (C=O) groups is 2. The van der Waals surface area contributed by atoms with Crippen LogP contribution in [-0.4, -0.2) is 29.6 Å². The van der Waals surface area contributed by atoms with E-state index in [1.165, 1.54) is 6.21 Å². The minimum atomic E-state index is -0.275. The van der Waals surface area contributed by atoms with E-state index in [0.29, 0.717) is 33.7 Å². The minimum Gasteiger partial charge on any atom is -0.490 e. The first kappa shape index (κ1) is 22.9. The highest BCUT2D eigenvalue weighted by Gasteiger charge is 2.56.